The maximum Gasteiger partial charge on any atom is 0.246 e. The number of nitrogens with zero attached hydrogens (tertiary/aromatic N) is 1. The highest BCUT2D eigenvalue weighted by Gasteiger charge is 2.34. The van der Waals surface area contributed by atoms with Crippen molar-refractivity contribution in [2.75, 3.05) is 6.54 Å². The van der Waals surface area contributed by atoms with E-state index >= 15 is 0 Å². The Hall–Kier alpha value is -0.980. The van der Waals surface area contributed by atoms with Crippen molar-refractivity contribution < 1.29 is 17.9 Å². The minimum absolute atomic E-state index is 0.0364. The molecule has 1 aliphatic heterocycles. The number of benzene rings is 1. The molecule has 2 rings (SSSR count). The number of hydrogen-bond donors (Lipinski definition) is 1. The Morgan fingerprint density at radius 3 is 2.76 bits per heavy atom. The fourth-order valence-electron chi connectivity index (χ4n) is 2.89. The van der Waals surface area contributed by atoms with Crippen molar-refractivity contribution in [3.05, 3.63) is 29.6 Å². The molecule has 0 amide bonds. The molecule has 1 aromatic rings. The van der Waals surface area contributed by atoms with Gasteiger partial charge in [-0.2, -0.15) is 4.31 Å². The number of halogens is 1. The maximum absolute atomic E-state index is 14.1. The van der Waals surface area contributed by atoms with E-state index in [1.54, 1.807) is 0 Å². The third-order valence-corrected chi connectivity index (χ3v) is 5.95. The van der Waals surface area contributed by atoms with Crippen molar-refractivity contribution in [1.82, 2.24) is 4.31 Å². The van der Waals surface area contributed by atoms with Crippen LogP contribution in [0.25, 0.3) is 0 Å². The fourth-order valence-corrected chi connectivity index (χ4v) is 4.66. The van der Waals surface area contributed by atoms with Crippen LogP contribution in [0.3, 0.4) is 0 Å². The van der Waals surface area contributed by atoms with Crippen LogP contribution in [0, 0.1) is 5.82 Å². The molecule has 6 heteroatoms. The van der Waals surface area contributed by atoms with E-state index in [0.717, 1.165) is 38.2 Å². The zero-order valence-electron chi connectivity index (χ0n) is 12.3. The standard InChI is InChI=1S/C15H22FNO3S/c1-2-5-13-6-3-4-9-17(13)21(19,20)15-8-7-12(11-18)10-14(15)16/h7-8,10,13,18H,2-6,9,11H2,1H3. The molecule has 0 aliphatic carbocycles. The van der Waals surface area contributed by atoms with E-state index in [0.29, 0.717) is 12.1 Å². The van der Waals surface area contributed by atoms with Crippen LogP contribution >= 0.6 is 0 Å². The highest BCUT2D eigenvalue weighted by molar-refractivity contribution is 7.89. The van der Waals surface area contributed by atoms with Gasteiger partial charge in [-0.05, 0) is 37.0 Å². The first-order valence-corrected chi connectivity index (χ1v) is 8.85. The van der Waals surface area contributed by atoms with Gasteiger partial charge in [0.1, 0.15) is 10.7 Å². The number of aliphatic hydroxyl groups excluding tert-OH is 1. The van der Waals surface area contributed by atoms with Crippen molar-refractivity contribution in [1.29, 1.82) is 0 Å². The molecule has 1 atom stereocenters. The minimum atomic E-state index is -3.81. The summed E-state index contributed by atoms with van der Waals surface area (Å²) in [6.07, 6.45) is 4.38. The molecular formula is C15H22FNO3S. The number of sulfonamides is 1. The first-order valence-electron chi connectivity index (χ1n) is 7.41. The van der Waals surface area contributed by atoms with E-state index in [2.05, 4.69) is 0 Å². The van der Waals surface area contributed by atoms with E-state index in [4.69, 9.17) is 5.11 Å². The summed E-state index contributed by atoms with van der Waals surface area (Å²) in [5, 5.41) is 8.99. The lowest BCUT2D eigenvalue weighted by Gasteiger charge is -2.34. The third-order valence-electron chi connectivity index (χ3n) is 3.96. The molecule has 1 aliphatic rings. The van der Waals surface area contributed by atoms with Crippen LogP contribution in [0.2, 0.25) is 0 Å². The van der Waals surface area contributed by atoms with Gasteiger partial charge in [0.15, 0.2) is 0 Å². The summed E-state index contributed by atoms with van der Waals surface area (Å²) in [4.78, 5) is -0.289. The summed E-state index contributed by atoms with van der Waals surface area (Å²) in [5.41, 5.74) is 0.371. The van der Waals surface area contributed by atoms with Crippen LogP contribution in [0.5, 0.6) is 0 Å². The average molecular weight is 315 g/mol. The fraction of sp³-hybridized carbons (Fsp3) is 0.600. The van der Waals surface area contributed by atoms with Gasteiger partial charge in [-0.1, -0.05) is 25.8 Å². The van der Waals surface area contributed by atoms with Gasteiger partial charge >= 0.3 is 0 Å². The Labute approximate surface area is 125 Å². The molecule has 0 saturated carbocycles. The normalized spacial score (nSPS) is 20.6. The molecule has 4 nitrogen and oxygen atoms in total. The zero-order chi connectivity index (χ0) is 15.5. The molecular weight excluding hydrogens is 293 g/mol. The van der Waals surface area contributed by atoms with Gasteiger partial charge in [0.2, 0.25) is 10.0 Å². The molecule has 1 fully saturated rings. The SMILES string of the molecule is CCCC1CCCCN1S(=O)(=O)c1ccc(CO)cc1F. The van der Waals surface area contributed by atoms with Gasteiger partial charge in [0, 0.05) is 12.6 Å². The second-order valence-electron chi connectivity index (χ2n) is 5.48. The predicted molar refractivity (Wildman–Crippen MR) is 78.8 cm³/mol. The number of hydrogen-bond acceptors (Lipinski definition) is 3. The first-order chi connectivity index (χ1) is 10.0. The molecule has 1 unspecified atom stereocenters. The van der Waals surface area contributed by atoms with Crippen molar-refractivity contribution in [3.8, 4) is 0 Å². The van der Waals surface area contributed by atoms with Crippen molar-refractivity contribution in [2.24, 2.45) is 0 Å². The molecule has 0 radical (unpaired) electrons. The summed E-state index contributed by atoms with van der Waals surface area (Å²) in [6.45, 7) is 2.17. The Morgan fingerprint density at radius 1 is 1.38 bits per heavy atom. The summed E-state index contributed by atoms with van der Waals surface area (Å²) in [7, 11) is -3.81. The van der Waals surface area contributed by atoms with Crippen LogP contribution < -0.4 is 0 Å². The van der Waals surface area contributed by atoms with E-state index in [-0.39, 0.29) is 17.5 Å². The average Bonchev–Trinajstić information content (AvgIpc) is 2.47. The van der Waals surface area contributed by atoms with Crippen molar-refractivity contribution in [2.45, 2.75) is 56.6 Å². The molecule has 21 heavy (non-hydrogen) atoms. The molecule has 118 valence electrons. The van der Waals surface area contributed by atoms with Gasteiger partial charge in [0.05, 0.1) is 6.61 Å². The molecule has 1 N–H and O–H groups in total. The van der Waals surface area contributed by atoms with Gasteiger partial charge in [0.25, 0.3) is 0 Å². The van der Waals surface area contributed by atoms with Gasteiger partial charge < -0.3 is 5.11 Å². The van der Waals surface area contributed by atoms with E-state index in [1.165, 1.54) is 16.4 Å². The van der Waals surface area contributed by atoms with Crippen molar-refractivity contribution in [3.63, 3.8) is 0 Å². The van der Waals surface area contributed by atoms with Crippen LogP contribution in [-0.4, -0.2) is 30.4 Å². The predicted octanol–water partition coefficient (Wildman–Crippen LogP) is 2.66. The topological polar surface area (TPSA) is 57.6 Å². The van der Waals surface area contributed by atoms with Crippen LogP contribution in [0.15, 0.2) is 23.1 Å². The molecule has 0 spiro atoms. The van der Waals surface area contributed by atoms with E-state index < -0.39 is 15.8 Å². The highest BCUT2D eigenvalue weighted by Crippen LogP contribution is 2.29. The quantitative estimate of drug-likeness (QED) is 0.909. The molecule has 0 aromatic heterocycles. The lowest BCUT2D eigenvalue weighted by Crippen LogP contribution is -2.43. The maximum atomic E-state index is 14.1. The van der Waals surface area contributed by atoms with Gasteiger partial charge in [-0.3, -0.25) is 0 Å². The van der Waals surface area contributed by atoms with Crippen LogP contribution in [0.1, 0.15) is 44.6 Å². The van der Waals surface area contributed by atoms with E-state index in [9.17, 15) is 12.8 Å². The Morgan fingerprint density at radius 2 is 2.14 bits per heavy atom. The summed E-state index contributed by atoms with van der Waals surface area (Å²) >= 11 is 0. The number of piperidine rings is 1. The smallest absolute Gasteiger partial charge is 0.246 e. The largest absolute Gasteiger partial charge is 0.392 e. The summed E-state index contributed by atoms with van der Waals surface area (Å²) in [5.74, 6) is -0.789. The Bertz CT molecular complexity index is 587. The number of rotatable bonds is 5. The minimum Gasteiger partial charge on any atom is -0.392 e. The lowest BCUT2D eigenvalue weighted by molar-refractivity contribution is 0.239. The second-order valence-corrected chi connectivity index (χ2v) is 7.34. The molecule has 1 heterocycles. The highest BCUT2D eigenvalue weighted by atomic mass is 32.2. The van der Waals surface area contributed by atoms with Crippen LogP contribution in [-0.2, 0) is 16.6 Å². The Kier molecular flexibility index (Phi) is 5.35. The summed E-state index contributed by atoms with van der Waals surface area (Å²) < 4.78 is 41.0. The molecule has 1 aromatic carbocycles. The molecule has 0 bridgehead atoms. The van der Waals surface area contributed by atoms with Crippen LogP contribution in [0.4, 0.5) is 4.39 Å². The summed E-state index contributed by atoms with van der Waals surface area (Å²) in [6, 6.07) is 3.76. The number of aliphatic hydroxyl groups is 1. The van der Waals surface area contributed by atoms with Gasteiger partial charge in [-0.15, -0.1) is 0 Å². The lowest BCUT2D eigenvalue weighted by atomic mass is 10.0. The third kappa shape index (κ3) is 3.44. The monoisotopic (exact) mass is 315 g/mol. The van der Waals surface area contributed by atoms with Gasteiger partial charge in [-0.25, -0.2) is 12.8 Å². The Balaban J connectivity index is 2.35. The first kappa shape index (κ1) is 16.4. The van der Waals surface area contributed by atoms with E-state index in [1.807, 2.05) is 6.92 Å². The second kappa shape index (κ2) is 6.85. The molecule has 1 saturated heterocycles. The van der Waals surface area contributed by atoms with Crippen molar-refractivity contribution >= 4 is 10.0 Å². The zero-order valence-corrected chi connectivity index (χ0v) is 13.1.